The highest BCUT2D eigenvalue weighted by Crippen LogP contribution is 2.33. The number of ether oxygens (including phenoxy) is 2. The summed E-state index contributed by atoms with van der Waals surface area (Å²) in [6.07, 6.45) is 1.33. The van der Waals surface area contributed by atoms with Crippen LogP contribution < -0.4 is 14.8 Å². The topological polar surface area (TPSA) is 93.6 Å². The number of methoxy groups -OCH3 is 1. The molecule has 0 unspecified atom stereocenters. The molecule has 2 heterocycles. The fraction of sp³-hybridized carbons (Fsp3) is 0.0500. The molecule has 2 N–H and O–H groups in total. The molecule has 0 aliphatic carbocycles. The molecule has 7 nitrogen and oxygen atoms in total. The third kappa shape index (κ3) is 3.85. The number of benzene rings is 2. The molecule has 4 aromatic rings. The Kier molecular flexibility index (Phi) is 5.15. The average molecular weight is 429 g/mol. The van der Waals surface area contributed by atoms with Gasteiger partial charge in [0.25, 0.3) is 5.91 Å². The number of aromatic nitrogens is 2. The van der Waals surface area contributed by atoms with E-state index in [2.05, 4.69) is 15.3 Å². The third-order valence-corrected chi connectivity index (χ3v) is 4.96. The van der Waals surface area contributed by atoms with Gasteiger partial charge >= 0.3 is 0 Å². The lowest BCUT2D eigenvalue weighted by molar-refractivity contribution is 0.101. The minimum atomic E-state index is -0.695. The molecule has 4 rings (SSSR count). The molecule has 0 bridgehead atoms. The Bertz CT molecular complexity index is 1260. The Labute approximate surface area is 172 Å². The number of halogens is 2. The van der Waals surface area contributed by atoms with Gasteiger partial charge in [-0.1, -0.05) is 11.3 Å². The van der Waals surface area contributed by atoms with Crippen LogP contribution in [0.25, 0.3) is 10.2 Å². The van der Waals surface area contributed by atoms with Crippen LogP contribution in [-0.4, -0.2) is 28.1 Å². The van der Waals surface area contributed by atoms with Gasteiger partial charge in [-0.15, -0.1) is 0 Å². The second kappa shape index (κ2) is 7.91. The summed E-state index contributed by atoms with van der Waals surface area (Å²) < 4.78 is 38.1. The first-order valence-electron chi connectivity index (χ1n) is 8.51. The van der Waals surface area contributed by atoms with Crippen LogP contribution in [0.5, 0.6) is 23.0 Å². The summed E-state index contributed by atoms with van der Waals surface area (Å²) in [7, 11) is 1.36. The number of hydrogen-bond acceptors (Lipinski definition) is 7. The minimum absolute atomic E-state index is 0.117. The maximum absolute atomic E-state index is 13.8. The Morgan fingerprint density at radius 2 is 1.97 bits per heavy atom. The monoisotopic (exact) mass is 429 g/mol. The van der Waals surface area contributed by atoms with E-state index in [1.54, 1.807) is 18.2 Å². The summed E-state index contributed by atoms with van der Waals surface area (Å²) in [5.41, 5.74) is 0.351. The van der Waals surface area contributed by atoms with Crippen LogP contribution in [0, 0.1) is 11.6 Å². The molecule has 0 spiro atoms. The standard InChI is InChI=1S/C20H13F2N3O4S/c1-28-14-6-7-23-17(18(14)26)19(27)25-20-24-13-5-3-11(9-16(13)30-20)29-15-8-10(21)2-4-12(15)22/h2-9,26H,1H3,(H,24,25,27). The number of amides is 1. The van der Waals surface area contributed by atoms with Crippen molar-refractivity contribution in [3.63, 3.8) is 0 Å². The number of thiazole rings is 1. The zero-order valence-corrected chi connectivity index (χ0v) is 16.2. The number of carbonyl (C=O) groups excluding carboxylic acids is 1. The van der Waals surface area contributed by atoms with E-state index in [1.807, 2.05) is 0 Å². The largest absolute Gasteiger partial charge is 0.503 e. The summed E-state index contributed by atoms with van der Waals surface area (Å²) in [4.78, 5) is 20.6. The van der Waals surface area contributed by atoms with E-state index >= 15 is 0 Å². The van der Waals surface area contributed by atoms with Crippen LogP contribution in [0.2, 0.25) is 0 Å². The molecule has 0 saturated carbocycles. The van der Waals surface area contributed by atoms with Crippen molar-refractivity contribution in [3.8, 4) is 23.0 Å². The number of carbonyl (C=O) groups is 1. The molecule has 2 aromatic carbocycles. The first-order valence-corrected chi connectivity index (χ1v) is 9.33. The van der Waals surface area contributed by atoms with Crippen LogP contribution in [0.1, 0.15) is 10.5 Å². The highest BCUT2D eigenvalue weighted by atomic mass is 32.1. The normalized spacial score (nSPS) is 10.8. The molecule has 0 atom stereocenters. The first-order chi connectivity index (χ1) is 14.4. The number of anilines is 1. The Morgan fingerprint density at radius 1 is 1.13 bits per heavy atom. The molecular formula is C20H13F2N3O4S. The van der Waals surface area contributed by atoms with Gasteiger partial charge in [-0.2, -0.15) is 0 Å². The van der Waals surface area contributed by atoms with E-state index < -0.39 is 17.5 Å². The van der Waals surface area contributed by atoms with Gasteiger partial charge in [-0.05, 0) is 24.3 Å². The van der Waals surface area contributed by atoms with Crippen molar-refractivity contribution in [1.29, 1.82) is 0 Å². The summed E-state index contributed by atoms with van der Waals surface area (Å²) in [6.45, 7) is 0. The molecule has 1 amide bonds. The lowest BCUT2D eigenvalue weighted by Gasteiger charge is -2.06. The van der Waals surface area contributed by atoms with Gasteiger partial charge in [-0.25, -0.2) is 18.7 Å². The Hall–Kier alpha value is -3.79. The summed E-state index contributed by atoms with van der Waals surface area (Å²) in [6, 6.07) is 9.11. The molecule has 0 aliphatic heterocycles. The van der Waals surface area contributed by atoms with Gasteiger partial charge in [0.1, 0.15) is 11.6 Å². The van der Waals surface area contributed by atoms with Gasteiger partial charge < -0.3 is 14.6 Å². The van der Waals surface area contributed by atoms with Gasteiger partial charge in [-0.3, -0.25) is 10.1 Å². The zero-order valence-electron chi connectivity index (χ0n) is 15.3. The van der Waals surface area contributed by atoms with E-state index in [0.29, 0.717) is 10.2 Å². The van der Waals surface area contributed by atoms with E-state index in [9.17, 15) is 18.7 Å². The van der Waals surface area contributed by atoms with Crippen molar-refractivity contribution in [3.05, 3.63) is 66.0 Å². The third-order valence-electron chi connectivity index (χ3n) is 4.02. The molecule has 2 aromatic heterocycles. The van der Waals surface area contributed by atoms with Crippen molar-refractivity contribution in [2.45, 2.75) is 0 Å². The first kappa shape index (κ1) is 19.5. The predicted octanol–water partition coefficient (Wildman–Crippen LogP) is 4.73. The van der Waals surface area contributed by atoms with Crippen LogP contribution in [0.3, 0.4) is 0 Å². The molecule has 30 heavy (non-hydrogen) atoms. The highest BCUT2D eigenvalue weighted by Gasteiger charge is 2.18. The van der Waals surface area contributed by atoms with E-state index in [4.69, 9.17) is 9.47 Å². The Balaban J connectivity index is 1.57. The predicted molar refractivity (Wildman–Crippen MR) is 106 cm³/mol. The fourth-order valence-corrected chi connectivity index (χ4v) is 3.52. The molecule has 0 radical (unpaired) electrons. The number of pyridine rings is 1. The molecule has 0 saturated heterocycles. The van der Waals surface area contributed by atoms with Crippen molar-refractivity contribution in [2.75, 3.05) is 12.4 Å². The number of fused-ring (bicyclic) bond motifs is 1. The maximum Gasteiger partial charge on any atom is 0.280 e. The van der Waals surface area contributed by atoms with Crippen molar-refractivity contribution in [1.82, 2.24) is 9.97 Å². The Morgan fingerprint density at radius 3 is 2.77 bits per heavy atom. The zero-order chi connectivity index (χ0) is 21.3. The molecule has 10 heteroatoms. The van der Waals surface area contributed by atoms with Crippen molar-refractivity contribution in [2.24, 2.45) is 0 Å². The molecular weight excluding hydrogens is 416 g/mol. The van der Waals surface area contributed by atoms with Crippen LogP contribution in [-0.2, 0) is 0 Å². The molecule has 152 valence electrons. The SMILES string of the molecule is COc1ccnc(C(=O)Nc2nc3ccc(Oc4cc(F)ccc4F)cc3s2)c1O. The van der Waals surface area contributed by atoms with Gasteiger partial charge in [0, 0.05) is 24.4 Å². The fourth-order valence-electron chi connectivity index (χ4n) is 2.63. The van der Waals surface area contributed by atoms with Crippen LogP contribution >= 0.6 is 11.3 Å². The molecule has 0 fully saturated rings. The van der Waals surface area contributed by atoms with E-state index in [1.165, 1.54) is 19.4 Å². The number of nitrogens with one attached hydrogen (secondary N) is 1. The maximum atomic E-state index is 13.8. The van der Waals surface area contributed by atoms with Gasteiger partial charge in [0.15, 0.2) is 33.9 Å². The number of hydrogen-bond donors (Lipinski definition) is 2. The lowest BCUT2D eigenvalue weighted by Crippen LogP contribution is -2.13. The lowest BCUT2D eigenvalue weighted by atomic mass is 10.3. The van der Waals surface area contributed by atoms with Crippen LogP contribution in [0.4, 0.5) is 13.9 Å². The second-order valence-corrected chi connectivity index (χ2v) is 7.02. The minimum Gasteiger partial charge on any atom is -0.503 e. The number of rotatable bonds is 5. The smallest absolute Gasteiger partial charge is 0.280 e. The second-order valence-electron chi connectivity index (χ2n) is 5.99. The quantitative estimate of drug-likeness (QED) is 0.477. The summed E-state index contributed by atoms with van der Waals surface area (Å²) >= 11 is 1.14. The highest BCUT2D eigenvalue weighted by molar-refractivity contribution is 7.22. The number of nitrogens with zero attached hydrogens (tertiary/aromatic N) is 2. The van der Waals surface area contributed by atoms with E-state index in [-0.39, 0.29) is 33.8 Å². The average Bonchev–Trinajstić information content (AvgIpc) is 3.12. The van der Waals surface area contributed by atoms with Crippen molar-refractivity contribution < 1.29 is 28.2 Å². The van der Waals surface area contributed by atoms with Crippen LogP contribution in [0.15, 0.2) is 48.7 Å². The number of aromatic hydroxyl groups is 1. The van der Waals surface area contributed by atoms with Gasteiger partial charge in [0.2, 0.25) is 0 Å². The van der Waals surface area contributed by atoms with Crippen molar-refractivity contribution >= 4 is 32.6 Å². The van der Waals surface area contributed by atoms with Gasteiger partial charge in [0.05, 0.1) is 17.3 Å². The summed E-state index contributed by atoms with van der Waals surface area (Å²) in [5, 5.41) is 12.9. The molecule has 0 aliphatic rings. The van der Waals surface area contributed by atoms with E-state index in [0.717, 1.165) is 29.5 Å². The summed E-state index contributed by atoms with van der Waals surface area (Å²) in [5.74, 6) is -2.21.